The molecule has 0 unspecified atom stereocenters. The van der Waals surface area contributed by atoms with Gasteiger partial charge in [0.2, 0.25) is 0 Å². The quantitative estimate of drug-likeness (QED) is 0.722. The molecule has 0 fully saturated rings. The average Bonchev–Trinajstić information content (AvgIpc) is 2.19. The van der Waals surface area contributed by atoms with Crippen molar-refractivity contribution in [1.82, 2.24) is 4.90 Å². The van der Waals surface area contributed by atoms with E-state index < -0.39 is 0 Å². The summed E-state index contributed by atoms with van der Waals surface area (Å²) in [6.07, 6.45) is 2.18. The molecule has 0 aromatic heterocycles. The molecule has 0 aliphatic heterocycles. The van der Waals surface area contributed by atoms with Crippen LogP contribution in [0, 0.1) is 5.92 Å². The molecule has 0 N–H and O–H groups in total. The Labute approximate surface area is 93.4 Å². The largest absolute Gasteiger partial charge is 0.374 e. The number of hydrogen-bond acceptors (Lipinski definition) is 1. The molecular formula is C14H21N. The molecule has 1 rings (SSSR count). The highest BCUT2D eigenvalue weighted by atomic mass is 15.1. The van der Waals surface area contributed by atoms with Crippen LogP contribution in [0.1, 0.15) is 26.3 Å². The van der Waals surface area contributed by atoms with Gasteiger partial charge in [-0.15, -0.1) is 0 Å². The molecular weight excluding hydrogens is 182 g/mol. The van der Waals surface area contributed by atoms with Gasteiger partial charge >= 0.3 is 0 Å². The summed E-state index contributed by atoms with van der Waals surface area (Å²) in [4.78, 5) is 2.32. The van der Waals surface area contributed by atoms with Crippen molar-refractivity contribution in [2.24, 2.45) is 5.92 Å². The van der Waals surface area contributed by atoms with Crippen LogP contribution in [-0.2, 0) is 0 Å². The second kappa shape index (κ2) is 5.59. The van der Waals surface area contributed by atoms with Crippen molar-refractivity contribution in [3.8, 4) is 0 Å². The molecule has 1 nitrogen and oxygen atoms in total. The SMILES string of the molecule is C/C=C(/c1ccccc1)N(C)CC(C)C. The molecule has 82 valence electrons. The van der Waals surface area contributed by atoms with Gasteiger partial charge in [0.15, 0.2) is 0 Å². The van der Waals surface area contributed by atoms with E-state index in [-0.39, 0.29) is 0 Å². The lowest BCUT2D eigenvalue weighted by atomic mass is 10.1. The molecule has 0 aliphatic carbocycles. The number of benzene rings is 1. The molecule has 0 saturated heterocycles. The predicted molar refractivity (Wildman–Crippen MR) is 67.6 cm³/mol. The van der Waals surface area contributed by atoms with E-state index in [2.05, 4.69) is 69.1 Å². The fourth-order valence-electron chi connectivity index (χ4n) is 1.86. The van der Waals surface area contributed by atoms with Gasteiger partial charge in [-0.1, -0.05) is 50.3 Å². The van der Waals surface area contributed by atoms with Crippen molar-refractivity contribution in [2.75, 3.05) is 13.6 Å². The van der Waals surface area contributed by atoms with Crippen LogP contribution in [0.3, 0.4) is 0 Å². The number of rotatable bonds is 4. The van der Waals surface area contributed by atoms with Gasteiger partial charge in [0, 0.05) is 19.3 Å². The number of allylic oxidation sites excluding steroid dienone is 1. The van der Waals surface area contributed by atoms with Crippen molar-refractivity contribution in [3.05, 3.63) is 42.0 Å². The molecule has 0 aliphatic rings. The van der Waals surface area contributed by atoms with E-state index >= 15 is 0 Å². The van der Waals surface area contributed by atoms with Gasteiger partial charge in [0.1, 0.15) is 0 Å². The van der Waals surface area contributed by atoms with Crippen molar-refractivity contribution < 1.29 is 0 Å². The van der Waals surface area contributed by atoms with Crippen molar-refractivity contribution in [2.45, 2.75) is 20.8 Å². The van der Waals surface area contributed by atoms with Crippen LogP contribution in [0.15, 0.2) is 36.4 Å². The third kappa shape index (κ3) is 3.43. The summed E-state index contributed by atoms with van der Waals surface area (Å²) < 4.78 is 0. The Morgan fingerprint density at radius 2 is 1.87 bits per heavy atom. The first kappa shape index (κ1) is 11.8. The first-order valence-corrected chi connectivity index (χ1v) is 5.58. The highest BCUT2D eigenvalue weighted by molar-refractivity contribution is 5.63. The van der Waals surface area contributed by atoms with Gasteiger partial charge in [-0.05, 0) is 18.4 Å². The van der Waals surface area contributed by atoms with Crippen LogP contribution < -0.4 is 0 Å². The first-order valence-electron chi connectivity index (χ1n) is 5.58. The molecule has 0 spiro atoms. The van der Waals surface area contributed by atoms with E-state index in [0.717, 1.165) is 6.54 Å². The minimum Gasteiger partial charge on any atom is -0.374 e. The third-order valence-electron chi connectivity index (χ3n) is 2.39. The minimum absolute atomic E-state index is 0.689. The Morgan fingerprint density at radius 3 is 2.33 bits per heavy atom. The molecule has 1 heteroatoms. The maximum absolute atomic E-state index is 2.32. The Hall–Kier alpha value is -1.24. The maximum atomic E-state index is 2.32. The smallest absolute Gasteiger partial charge is 0.0393 e. The summed E-state index contributed by atoms with van der Waals surface area (Å²) in [6, 6.07) is 10.5. The summed E-state index contributed by atoms with van der Waals surface area (Å²) in [7, 11) is 2.16. The van der Waals surface area contributed by atoms with Crippen LogP contribution in [0.4, 0.5) is 0 Å². The van der Waals surface area contributed by atoms with Gasteiger partial charge in [-0.2, -0.15) is 0 Å². The zero-order chi connectivity index (χ0) is 11.3. The monoisotopic (exact) mass is 203 g/mol. The maximum Gasteiger partial charge on any atom is 0.0393 e. The minimum atomic E-state index is 0.689. The number of hydrogen-bond donors (Lipinski definition) is 0. The van der Waals surface area contributed by atoms with Gasteiger partial charge in [0.05, 0.1) is 0 Å². The zero-order valence-electron chi connectivity index (χ0n) is 10.2. The van der Waals surface area contributed by atoms with Crippen LogP contribution in [-0.4, -0.2) is 18.5 Å². The van der Waals surface area contributed by atoms with Crippen LogP contribution >= 0.6 is 0 Å². The first-order chi connectivity index (χ1) is 7.15. The van der Waals surface area contributed by atoms with E-state index in [9.17, 15) is 0 Å². The van der Waals surface area contributed by atoms with E-state index in [1.165, 1.54) is 11.3 Å². The lowest BCUT2D eigenvalue weighted by Crippen LogP contribution is -2.21. The van der Waals surface area contributed by atoms with Crippen molar-refractivity contribution in [3.63, 3.8) is 0 Å². The normalized spacial score (nSPS) is 11.9. The molecule has 0 saturated carbocycles. The molecule has 0 heterocycles. The summed E-state index contributed by atoms with van der Waals surface area (Å²) >= 11 is 0. The van der Waals surface area contributed by atoms with E-state index in [4.69, 9.17) is 0 Å². The molecule has 15 heavy (non-hydrogen) atoms. The van der Waals surface area contributed by atoms with Gasteiger partial charge in [-0.25, -0.2) is 0 Å². The lowest BCUT2D eigenvalue weighted by molar-refractivity contribution is 0.407. The van der Waals surface area contributed by atoms with Crippen LogP contribution in [0.25, 0.3) is 5.70 Å². The van der Waals surface area contributed by atoms with E-state index in [0.29, 0.717) is 5.92 Å². The van der Waals surface area contributed by atoms with Crippen molar-refractivity contribution >= 4 is 5.70 Å². The average molecular weight is 203 g/mol. The Kier molecular flexibility index (Phi) is 4.41. The van der Waals surface area contributed by atoms with Gasteiger partial charge in [0.25, 0.3) is 0 Å². The summed E-state index contributed by atoms with van der Waals surface area (Å²) in [5.74, 6) is 0.689. The summed E-state index contributed by atoms with van der Waals surface area (Å²) in [6.45, 7) is 7.68. The van der Waals surface area contributed by atoms with Crippen molar-refractivity contribution in [1.29, 1.82) is 0 Å². The standard InChI is InChI=1S/C14H21N/c1-5-14(15(4)11-12(2)3)13-9-7-6-8-10-13/h5-10,12H,11H2,1-4H3/b14-5-. The molecule has 1 aromatic rings. The van der Waals surface area contributed by atoms with Gasteiger partial charge < -0.3 is 4.90 Å². The fraction of sp³-hybridized carbons (Fsp3) is 0.429. The van der Waals surface area contributed by atoms with Crippen LogP contribution in [0.2, 0.25) is 0 Å². The molecule has 0 amide bonds. The Morgan fingerprint density at radius 1 is 1.27 bits per heavy atom. The molecule has 0 atom stereocenters. The molecule has 0 bridgehead atoms. The number of nitrogens with zero attached hydrogens (tertiary/aromatic N) is 1. The third-order valence-corrected chi connectivity index (χ3v) is 2.39. The lowest BCUT2D eigenvalue weighted by Gasteiger charge is -2.24. The predicted octanol–water partition coefficient (Wildman–Crippen LogP) is 3.64. The second-order valence-corrected chi connectivity index (χ2v) is 4.31. The zero-order valence-corrected chi connectivity index (χ0v) is 10.2. The highest BCUT2D eigenvalue weighted by Crippen LogP contribution is 2.18. The fourth-order valence-corrected chi connectivity index (χ4v) is 1.86. The van der Waals surface area contributed by atoms with E-state index in [1.807, 2.05) is 0 Å². The second-order valence-electron chi connectivity index (χ2n) is 4.31. The topological polar surface area (TPSA) is 3.24 Å². The van der Waals surface area contributed by atoms with E-state index in [1.54, 1.807) is 0 Å². The summed E-state index contributed by atoms with van der Waals surface area (Å²) in [5.41, 5.74) is 2.60. The van der Waals surface area contributed by atoms with Gasteiger partial charge in [-0.3, -0.25) is 0 Å². The Balaban J connectivity index is 2.82. The Bertz CT molecular complexity index is 311. The highest BCUT2D eigenvalue weighted by Gasteiger charge is 2.07. The van der Waals surface area contributed by atoms with Crippen LogP contribution in [0.5, 0.6) is 0 Å². The molecule has 1 aromatic carbocycles. The summed E-state index contributed by atoms with van der Waals surface area (Å²) in [5, 5.41) is 0. The molecule has 0 radical (unpaired) electrons.